The van der Waals surface area contributed by atoms with Crippen molar-refractivity contribution in [3.8, 4) is 11.5 Å². The first-order valence-corrected chi connectivity index (χ1v) is 10.2. The van der Waals surface area contributed by atoms with Gasteiger partial charge in [0.15, 0.2) is 11.5 Å². The van der Waals surface area contributed by atoms with Crippen LogP contribution < -0.4 is 14.8 Å². The number of para-hydroxylation sites is 1. The lowest BCUT2D eigenvalue weighted by atomic mass is 10.1. The van der Waals surface area contributed by atoms with E-state index < -0.39 is 0 Å². The largest absolute Gasteiger partial charge is 0.486 e. The zero-order chi connectivity index (χ0) is 18.5. The molecule has 0 spiro atoms. The predicted molar refractivity (Wildman–Crippen MR) is 108 cm³/mol. The van der Waals surface area contributed by atoms with Gasteiger partial charge in [-0.25, -0.2) is 0 Å². The van der Waals surface area contributed by atoms with Crippen LogP contribution in [0.5, 0.6) is 11.5 Å². The summed E-state index contributed by atoms with van der Waals surface area (Å²) in [5.74, 6) is 2.34. The molecule has 0 atom stereocenters. The normalized spacial score (nSPS) is 12.7. The molecule has 1 heterocycles. The van der Waals surface area contributed by atoms with Crippen molar-refractivity contribution in [3.63, 3.8) is 0 Å². The second-order valence-corrected chi connectivity index (χ2v) is 7.50. The number of rotatable bonds is 6. The van der Waals surface area contributed by atoms with E-state index in [2.05, 4.69) is 12.2 Å². The molecule has 0 aromatic heterocycles. The maximum absolute atomic E-state index is 12.3. The molecule has 0 radical (unpaired) electrons. The van der Waals surface area contributed by atoms with Gasteiger partial charge in [0.05, 0.1) is 10.8 Å². The SMILES string of the molecule is CCc1cccc(C)c1NC(=O)CSCc1cc(Cl)c2c(c1)OCCO2. The van der Waals surface area contributed by atoms with Gasteiger partial charge in [-0.15, -0.1) is 11.8 Å². The molecule has 0 fully saturated rings. The van der Waals surface area contributed by atoms with Gasteiger partial charge in [-0.3, -0.25) is 4.79 Å². The molecule has 1 aliphatic heterocycles. The molecular weight excluding hydrogens is 370 g/mol. The number of fused-ring (bicyclic) bond motifs is 1. The zero-order valence-corrected chi connectivity index (χ0v) is 16.5. The lowest BCUT2D eigenvalue weighted by molar-refractivity contribution is -0.113. The van der Waals surface area contributed by atoms with Crippen molar-refractivity contribution in [1.82, 2.24) is 0 Å². The Morgan fingerprint density at radius 2 is 2.08 bits per heavy atom. The van der Waals surface area contributed by atoms with E-state index in [9.17, 15) is 4.79 Å². The third-order valence-electron chi connectivity index (χ3n) is 4.16. The number of carbonyl (C=O) groups is 1. The fourth-order valence-corrected chi connectivity index (χ4v) is 3.94. The summed E-state index contributed by atoms with van der Waals surface area (Å²) in [6.45, 7) is 5.14. The molecule has 0 bridgehead atoms. The molecule has 2 aromatic rings. The average Bonchev–Trinajstić information content (AvgIpc) is 2.63. The minimum absolute atomic E-state index is 0.00244. The maximum Gasteiger partial charge on any atom is 0.234 e. The average molecular weight is 392 g/mol. The fraction of sp³-hybridized carbons (Fsp3) is 0.350. The monoisotopic (exact) mass is 391 g/mol. The van der Waals surface area contributed by atoms with Gasteiger partial charge in [0, 0.05) is 11.4 Å². The smallest absolute Gasteiger partial charge is 0.234 e. The molecule has 2 aromatic carbocycles. The Morgan fingerprint density at radius 1 is 1.27 bits per heavy atom. The highest BCUT2D eigenvalue weighted by atomic mass is 35.5. The van der Waals surface area contributed by atoms with Crippen molar-refractivity contribution >= 4 is 35.0 Å². The molecule has 26 heavy (non-hydrogen) atoms. The van der Waals surface area contributed by atoms with Crippen LogP contribution in [0.15, 0.2) is 30.3 Å². The summed E-state index contributed by atoms with van der Waals surface area (Å²) in [6, 6.07) is 9.88. The summed E-state index contributed by atoms with van der Waals surface area (Å²) in [6.07, 6.45) is 0.889. The van der Waals surface area contributed by atoms with E-state index in [1.807, 2.05) is 37.3 Å². The third kappa shape index (κ3) is 4.46. The second-order valence-electron chi connectivity index (χ2n) is 6.11. The number of benzene rings is 2. The van der Waals surface area contributed by atoms with E-state index in [0.29, 0.717) is 41.2 Å². The molecule has 4 nitrogen and oxygen atoms in total. The van der Waals surface area contributed by atoms with Crippen LogP contribution in [0, 0.1) is 6.92 Å². The molecule has 138 valence electrons. The molecule has 1 amide bonds. The molecule has 0 unspecified atom stereocenters. The number of halogens is 1. The van der Waals surface area contributed by atoms with E-state index in [1.54, 1.807) is 11.8 Å². The number of amides is 1. The standard InChI is InChI=1S/C20H22ClNO3S/c1-3-15-6-4-5-13(2)19(15)22-18(23)12-26-11-14-9-16(21)20-17(10-14)24-7-8-25-20/h4-6,9-10H,3,7-8,11-12H2,1-2H3,(H,22,23). The van der Waals surface area contributed by atoms with Gasteiger partial charge in [0.25, 0.3) is 0 Å². The Bertz CT molecular complexity index is 810. The zero-order valence-electron chi connectivity index (χ0n) is 14.9. The van der Waals surface area contributed by atoms with Gasteiger partial charge in [-0.05, 0) is 42.2 Å². The number of hydrogen-bond acceptors (Lipinski definition) is 4. The van der Waals surface area contributed by atoms with E-state index in [0.717, 1.165) is 28.8 Å². The van der Waals surface area contributed by atoms with Crippen molar-refractivity contribution in [2.45, 2.75) is 26.0 Å². The summed E-state index contributed by atoms with van der Waals surface area (Å²) in [5, 5.41) is 3.60. The molecule has 0 saturated carbocycles. The number of nitrogens with one attached hydrogen (secondary N) is 1. The maximum atomic E-state index is 12.3. The Morgan fingerprint density at radius 3 is 2.88 bits per heavy atom. The van der Waals surface area contributed by atoms with Crippen LogP contribution in [-0.4, -0.2) is 24.9 Å². The number of anilines is 1. The molecule has 1 aliphatic rings. The lowest BCUT2D eigenvalue weighted by Gasteiger charge is -2.20. The molecule has 3 rings (SSSR count). The quantitative estimate of drug-likeness (QED) is 0.764. The number of carbonyl (C=O) groups excluding carboxylic acids is 1. The van der Waals surface area contributed by atoms with Crippen LogP contribution in [0.3, 0.4) is 0 Å². The Kier molecular flexibility index (Phi) is 6.33. The van der Waals surface area contributed by atoms with Gasteiger partial charge in [-0.1, -0.05) is 36.7 Å². The van der Waals surface area contributed by atoms with Gasteiger partial charge in [0.1, 0.15) is 13.2 Å². The molecule has 6 heteroatoms. The van der Waals surface area contributed by atoms with Crippen molar-refractivity contribution in [2.75, 3.05) is 24.3 Å². The highest BCUT2D eigenvalue weighted by Crippen LogP contribution is 2.39. The number of thioether (sulfide) groups is 1. The van der Waals surface area contributed by atoms with Crippen molar-refractivity contribution < 1.29 is 14.3 Å². The van der Waals surface area contributed by atoms with E-state index in [1.165, 1.54) is 0 Å². The Hall–Kier alpha value is -1.85. The number of aryl methyl sites for hydroxylation is 2. The topological polar surface area (TPSA) is 47.6 Å². The summed E-state index contributed by atoms with van der Waals surface area (Å²) in [5.41, 5.74) is 4.19. The number of ether oxygens (including phenoxy) is 2. The first kappa shape index (κ1) is 18.9. The van der Waals surface area contributed by atoms with Crippen LogP contribution in [0.4, 0.5) is 5.69 Å². The van der Waals surface area contributed by atoms with Gasteiger partial charge in [0.2, 0.25) is 5.91 Å². The molecular formula is C20H22ClNO3S. The highest BCUT2D eigenvalue weighted by Gasteiger charge is 2.17. The first-order valence-electron chi connectivity index (χ1n) is 8.62. The van der Waals surface area contributed by atoms with Crippen molar-refractivity contribution in [2.24, 2.45) is 0 Å². The Labute approximate surface area is 163 Å². The minimum atomic E-state index is 0.00244. The predicted octanol–water partition coefficient (Wildman–Crippen LogP) is 4.85. The van der Waals surface area contributed by atoms with Gasteiger partial charge >= 0.3 is 0 Å². The summed E-state index contributed by atoms with van der Waals surface area (Å²) in [7, 11) is 0. The van der Waals surface area contributed by atoms with Crippen LogP contribution in [0.1, 0.15) is 23.6 Å². The fourth-order valence-electron chi connectivity index (χ4n) is 2.89. The summed E-state index contributed by atoms with van der Waals surface area (Å²) < 4.78 is 11.1. The van der Waals surface area contributed by atoms with E-state index in [4.69, 9.17) is 21.1 Å². The minimum Gasteiger partial charge on any atom is -0.486 e. The second kappa shape index (κ2) is 8.69. The van der Waals surface area contributed by atoms with Crippen LogP contribution in [0.2, 0.25) is 5.02 Å². The highest BCUT2D eigenvalue weighted by molar-refractivity contribution is 7.99. The number of hydrogen-bond donors (Lipinski definition) is 1. The summed E-state index contributed by atoms with van der Waals surface area (Å²) in [4.78, 5) is 12.3. The third-order valence-corrected chi connectivity index (χ3v) is 5.45. The van der Waals surface area contributed by atoms with Crippen molar-refractivity contribution in [1.29, 1.82) is 0 Å². The van der Waals surface area contributed by atoms with Crippen LogP contribution in [0.25, 0.3) is 0 Å². The van der Waals surface area contributed by atoms with Crippen LogP contribution >= 0.6 is 23.4 Å². The molecule has 0 saturated heterocycles. The van der Waals surface area contributed by atoms with E-state index >= 15 is 0 Å². The molecule has 0 aliphatic carbocycles. The molecule has 1 N–H and O–H groups in total. The van der Waals surface area contributed by atoms with E-state index in [-0.39, 0.29) is 5.91 Å². The first-order chi connectivity index (χ1) is 12.6. The van der Waals surface area contributed by atoms with Gasteiger partial charge < -0.3 is 14.8 Å². The lowest BCUT2D eigenvalue weighted by Crippen LogP contribution is -2.16. The summed E-state index contributed by atoms with van der Waals surface area (Å²) >= 11 is 7.80. The van der Waals surface area contributed by atoms with Crippen molar-refractivity contribution in [3.05, 3.63) is 52.0 Å². The van der Waals surface area contributed by atoms with Crippen LogP contribution in [-0.2, 0) is 17.0 Å². The Balaban J connectivity index is 1.57. The van der Waals surface area contributed by atoms with Gasteiger partial charge in [-0.2, -0.15) is 0 Å².